The summed E-state index contributed by atoms with van der Waals surface area (Å²) in [4.78, 5) is 0. The van der Waals surface area contributed by atoms with Crippen LogP contribution in [0, 0.1) is 0 Å². The SMILES string of the molecule is CCCCCCCCCCCNCCCCCCF. The molecule has 0 saturated carbocycles. The van der Waals surface area contributed by atoms with Crippen LogP contribution < -0.4 is 5.32 Å². The van der Waals surface area contributed by atoms with Gasteiger partial charge in [0.15, 0.2) is 0 Å². The van der Waals surface area contributed by atoms with Gasteiger partial charge in [-0.25, -0.2) is 0 Å². The van der Waals surface area contributed by atoms with Crippen LogP contribution in [0.1, 0.15) is 90.4 Å². The fourth-order valence-corrected chi connectivity index (χ4v) is 2.38. The van der Waals surface area contributed by atoms with E-state index in [4.69, 9.17) is 0 Å². The summed E-state index contributed by atoms with van der Waals surface area (Å²) >= 11 is 0. The molecule has 19 heavy (non-hydrogen) atoms. The van der Waals surface area contributed by atoms with Gasteiger partial charge in [-0.05, 0) is 32.4 Å². The highest BCUT2D eigenvalue weighted by molar-refractivity contribution is 4.51. The largest absolute Gasteiger partial charge is 0.317 e. The normalized spacial score (nSPS) is 11.1. The van der Waals surface area contributed by atoms with E-state index < -0.39 is 0 Å². The smallest absolute Gasteiger partial charge is 0.0894 e. The number of hydrogen-bond donors (Lipinski definition) is 1. The molecule has 0 amide bonds. The summed E-state index contributed by atoms with van der Waals surface area (Å²) in [6, 6.07) is 0. The summed E-state index contributed by atoms with van der Waals surface area (Å²) in [5, 5.41) is 3.49. The summed E-state index contributed by atoms with van der Waals surface area (Å²) in [6.07, 6.45) is 16.8. The van der Waals surface area contributed by atoms with Gasteiger partial charge in [-0.1, -0.05) is 71.1 Å². The van der Waals surface area contributed by atoms with E-state index in [9.17, 15) is 4.39 Å². The van der Waals surface area contributed by atoms with E-state index in [0.29, 0.717) is 0 Å². The van der Waals surface area contributed by atoms with Crippen molar-refractivity contribution in [3.8, 4) is 0 Å². The van der Waals surface area contributed by atoms with Gasteiger partial charge in [0.1, 0.15) is 0 Å². The van der Waals surface area contributed by atoms with Crippen molar-refractivity contribution in [1.82, 2.24) is 5.32 Å². The third-order valence-corrected chi connectivity index (χ3v) is 3.69. The highest BCUT2D eigenvalue weighted by Gasteiger charge is 1.93. The molecule has 0 unspecified atom stereocenters. The minimum absolute atomic E-state index is 0.147. The van der Waals surface area contributed by atoms with Crippen LogP contribution in [0.5, 0.6) is 0 Å². The lowest BCUT2D eigenvalue weighted by Crippen LogP contribution is -2.16. The molecule has 0 spiro atoms. The number of halogens is 1. The van der Waals surface area contributed by atoms with Crippen molar-refractivity contribution in [2.45, 2.75) is 90.4 Å². The Labute approximate surface area is 120 Å². The monoisotopic (exact) mass is 273 g/mol. The Morgan fingerprint density at radius 2 is 1.00 bits per heavy atom. The van der Waals surface area contributed by atoms with Crippen molar-refractivity contribution < 1.29 is 4.39 Å². The second-order valence-corrected chi connectivity index (χ2v) is 5.68. The van der Waals surface area contributed by atoms with Gasteiger partial charge < -0.3 is 5.32 Å². The quantitative estimate of drug-likeness (QED) is 0.359. The van der Waals surface area contributed by atoms with Crippen molar-refractivity contribution in [2.75, 3.05) is 19.8 Å². The standard InChI is InChI=1S/C17H36FN/c1-2-3-4-5-6-7-8-10-13-16-19-17-14-11-9-12-15-18/h19H,2-17H2,1H3. The molecule has 0 rings (SSSR count). The van der Waals surface area contributed by atoms with Crippen molar-refractivity contribution in [1.29, 1.82) is 0 Å². The van der Waals surface area contributed by atoms with Gasteiger partial charge in [0, 0.05) is 0 Å². The number of nitrogens with one attached hydrogen (secondary N) is 1. The third kappa shape index (κ3) is 17.9. The third-order valence-electron chi connectivity index (χ3n) is 3.69. The lowest BCUT2D eigenvalue weighted by atomic mass is 10.1. The Morgan fingerprint density at radius 3 is 1.47 bits per heavy atom. The van der Waals surface area contributed by atoms with E-state index in [0.717, 1.165) is 19.4 Å². The molecule has 0 aromatic rings. The molecule has 0 saturated heterocycles. The van der Waals surface area contributed by atoms with Crippen LogP contribution in [0.15, 0.2) is 0 Å². The van der Waals surface area contributed by atoms with Gasteiger partial charge in [0.25, 0.3) is 0 Å². The lowest BCUT2D eigenvalue weighted by Gasteiger charge is -2.05. The van der Waals surface area contributed by atoms with Crippen LogP contribution in [0.4, 0.5) is 4.39 Å². The van der Waals surface area contributed by atoms with Crippen molar-refractivity contribution in [3.63, 3.8) is 0 Å². The molecule has 0 atom stereocenters. The summed E-state index contributed by atoms with van der Waals surface area (Å²) in [5.74, 6) is 0. The number of alkyl halides is 1. The fourth-order valence-electron chi connectivity index (χ4n) is 2.38. The molecule has 0 fully saturated rings. The highest BCUT2D eigenvalue weighted by atomic mass is 19.1. The van der Waals surface area contributed by atoms with Crippen LogP contribution in [0.3, 0.4) is 0 Å². The van der Waals surface area contributed by atoms with Crippen molar-refractivity contribution in [2.24, 2.45) is 0 Å². The second-order valence-electron chi connectivity index (χ2n) is 5.68. The Balaban J connectivity index is 2.88. The van der Waals surface area contributed by atoms with Crippen LogP contribution in [-0.4, -0.2) is 19.8 Å². The molecule has 0 aliphatic rings. The predicted octanol–water partition coefficient (Wildman–Crippen LogP) is 5.64. The van der Waals surface area contributed by atoms with Crippen molar-refractivity contribution >= 4 is 0 Å². The average molecular weight is 273 g/mol. The first kappa shape index (κ1) is 18.9. The number of hydrogen-bond acceptors (Lipinski definition) is 1. The summed E-state index contributed by atoms with van der Waals surface area (Å²) in [7, 11) is 0. The Morgan fingerprint density at radius 1 is 0.579 bits per heavy atom. The zero-order chi connectivity index (χ0) is 14.0. The maximum Gasteiger partial charge on any atom is 0.0894 e. The molecule has 0 heterocycles. The molecular formula is C17H36FN. The summed E-state index contributed by atoms with van der Waals surface area (Å²) in [6.45, 7) is 4.40. The van der Waals surface area contributed by atoms with E-state index in [-0.39, 0.29) is 6.67 Å². The lowest BCUT2D eigenvalue weighted by molar-refractivity contribution is 0.450. The predicted molar refractivity (Wildman–Crippen MR) is 84.5 cm³/mol. The minimum atomic E-state index is -0.147. The van der Waals surface area contributed by atoms with Gasteiger partial charge >= 0.3 is 0 Å². The van der Waals surface area contributed by atoms with Crippen LogP contribution in [0.2, 0.25) is 0 Å². The molecule has 116 valence electrons. The molecule has 0 aromatic carbocycles. The van der Waals surface area contributed by atoms with Crippen LogP contribution in [-0.2, 0) is 0 Å². The first-order valence-electron chi connectivity index (χ1n) is 8.68. The first-order valence-corrected chi connectivity index (χ1v) is 8.68. The van der Waals surface area contributed by atoms with Crippen molar-refractivity contribution in [3.05, 3.63) is 0 Å². The molecule has 1 nitrogen and oxygen atoms in total. The van der Waals surface area contributed by atoms with Crippen LogP contribution in [0.25, 0.3) is 0 Å². The molecule has 0 aliphatic heterocycles. The van der Waals surface area contributed by atoms with Crippen LogP contribution >= 0.6 is 0 Å². The van der Waals surface area contributed by atoms with Gasteiger partial charge in [0.05, 0.1) is 6.67 Å². The second kappa shape index (κ2) is 17.9. The maximum atomic E-state index is 11.8. The Kier molecular flexibility index (Phi) is 17.8. The highest BCUT2D eigenvalue weighted by Crippen LogP contribution is 2.09. The zero-order valence-corrected chi connectivity index (χ0v) is 13.2. The molecule has 0 radical (unpaired) electrons. The maximum absolute atomic E-state index is 11.8. The van der Waals surface area contributed by atoms with Gasteiger partial charge in [0.2, 0.25) is 0 Å². The number of rotatable bonds is 16. The molecule has 0 aromatic heterocycles. The number of unbranched alkanes of at least 4 members (excludes halogenated alkanes) is 11. The summed E-state index contributed by atoms with van der Waals surface area (Å²) < 4.78 is 11.8. The van der Waals surface area contributed by atoms with Gasteiger partial charge in [-0.3, -0.25) is 4.39 Å². The molecule has 2 heteroatoms. The molecular weight excluding hydrogens is 237 g/mol. The van der Waals surface area contributed by atoms with Gasteiger partial charge in [-0.2, -0.15) is 0 Å². The Hall–Kier alpha value is -0.110. The van der Waals surface area contributed by atoms with E-state index in [1.54, 1.807) is 0 Å². The molecule has 0 aliphatic carbocycles. The van der Waals surface area contributed by atoms with E-state index in [1.807, 2.05) is 0 Å². The zero-order valence-electron chi connectivity index (χ0n) is 13.2. The Bertz CT molecular complexity index is 134. The summed E-state index contributed by atoms with van der Waals surface area (Å²) in [5.41, 5.74) is 0. The van der Waals surface area contributed by atoms with E-state index in [1.165, 1.54) is 77.2 Å². The van der Waals surface area contributed by atoms with E-state index >= 15 is 0 Å². The molecule has 1 N–H and O–H groups in total. The van der Waals surface area contributed by atoms with Gasteiger partial charge in [-0.15, -0.1) is 0 Å². The minimum Gasteiger partial charge on any atom is -0.317 e. The van der Waals surface area contributed by atoms with E-state index in [2.05, 4.69) is 12.2 Å². The topological polar surface area (TPSA) is 12.0 Å². The molecule has 0 bridgehead atoms. The average Bonchev–Trinajstić information content (AvgIpc) is 2.43. The fraction of sp³-hybridized carbons (Fsp3) is 1.00. The first-order chi connectivity index (χ1) is 9.41.